The molecule has 2 rings (SSSR count). The van der Waals surface area contributed by atoms with Gasteiger partial charge in [-0.1, -0.05) is 11.6 Å². The normalized spacial score (nSPS) is 19.1. The molecule has 1 aliphatic heterocycles. The van der Waals surface area contributed by atoms with E-state index in [2.05, 4.69) is 0 Å². The van der Waals surface area contributed by atoms with Crippen LogP contribution in [0.15, 0.2) is 10.9 Å². The van der Waals surface area contributed by atoms with Crippen LogP contribution < -0.4 is 5.56 Å². The van der Waals surface area contributed by atoms with Crippen molar-refractivity contribution < 1.29 is 9.66 Å². The van der Waals surface area contributed by atoms with E-state index in [-0.39, 0.29) is 11.1 Å². The molecule has 1 aliphatic rings. The Kier molecular flexibility index (Phi) is 3.68. The molecule has 0 unspecified atom stereocenters. The molecule has 0 radical (unpaired) electrons. The maximum absolute atomic E-state index is 12.0. The first-order chi connectivity index (χ1) is 8.50. The molecule has 1 aromatic heterocycles. The molecule has 2 heterocycles. The van der Waals surface area contributed by atoms with Gasteiger partial charge in [0.2, 0.25) is 0 Å². The maximum Gasteiger partial charge on any atom is 0.352 e. The van der Waals surface area contributed by atoms with Crippen molar-refractivity contribution in [3.63, 3.8) is 0 Å². The van der Waals surface area contributed by atoms with Crippen LogP contribution in [0.3, 0.4) is 0 Å². The van der Waals surface area contributed by atoms with Crippen molar-refractivity contribution in [1.82, 2.24) is 4.57 Å². The molecule has 0 aliphatic carbocycles. The highest BCUT2D eigenvalue weighted by molar-refractivity contribution is 6.32. The van der Waals surface area contributed by atoms with Gasteiger partial charge >= 0.3 is 11.2 Å². The van der Waals surface area contributed by atoms with E-state index in [1.165, 1.54) is 10.6 Å². The molecule has 1 fully saturated rings. The number of ether oxygens (including phenoxy) is 1. The predicted molar refractivity (Wildman–Crippen MR) is 66.1 cm³/mol. The second-order valence-corrected chi connectivity index (χ2v) is 4.70. The Morgan fingerprint density at radius 3 is 2.94 bits per heavy atom. The Morgan fingerprint density at radius 2 is 2.39 bits per heavy atom. The molecule has 0 N–H and O–H groups in total. The summed E-state index contributed by atoms with van der Waals surface area (Å²) >= 11 is 5.73. The van der Waals surface area contributed by atoms with Gasteiger partial charge < -0.3 is 9.30 Å². The Bertz CT molecular complexity index is 535. The topological polar surface area (TPSA) is 74.4 Å². The average Bonchev–Trinajstić information content (AvgIpc) is 2.75. The van der Waals surface area contributed by atoms with Crippen molar-refractivity contribution in [2.45, 2.75) is 32.4 Å². The van der Waals surface area contributed by atoms with Crippen molar-refractivity contribution in [1.29, 1.82) is 0 Å². The standard InChI is InChI=1S/C11H13ClN2O4/c1-7-5-9(12)10(14(16)17)11(15)13(7)6-8-3-2-4-18-8/h5,8H,2-4,6H2,1H3/t8-/m1/s1. The van der Waals surface area contributed by atoms with Gasteiger partial charge in [-0.25, -0.2) is 0 Å². The van der Waals surface area contributed by atoms with Crippen LogP contribution in [0.1, 0.15) is 18.5 Å². The van der Waals surface area contributed by atoms with Crippen LogP contribution >= 0.6 is 11.6 Å². The summed E-state index contributed by atoms with van der Waals surface area (Å²) in [5.41, 5.74) is -0.633. The van der Waals surface area contributed by atoms with Crippen LogP contribution in [0.4, 0.5) is 5.69 Å². The van der Waals surface area contributed by atoms with Gasteiger partial charge in [-0.05, 0) is 25.8 Å². The molecule has 6 nitrogen and oxygen atoms in total. The lowest BCUT2D eigenvalue weighted by Gasteiger charge is -2.14. The van der Waals surface area contributed by atoms with Crippen molar-refractivity contribution in [2.75, 3.05) is 6.61 Å². The third-order valence-electron chi connectivity index (χ3n) is 3.03. The molecule has 0 spiro atoms. The fourth-order valence-corrected chi connectivity index (χ4v) is 2.41. The van der Waals surface area contributed by atoms with Crippen LogP contribution in [0.5, 0.6) is 0 Å². The number of hydrogen-bond donors (Lipinski definition) is 0. The van der Waals surface area contributed by atoms with Gasteiger partial charge in [-0.2, -0.15) is 0 Å². The van der Waals surface area contributed by atoms with Gasteiger partial charge in [0.25, 0.3) is 0 Å². The molecule has 18 heavy (non-hydrogen) atoms. The Hall–Kier alpha value is -1.40. The molecule has 0 bridgehead atoms. The first-order valence-electron chi connectivity index (χ1n) is 5.66. The summed E-state index contributed by atoms with van der Waals surface area (Å²) in [6.07, 6.45) is 1.76. The molecule has 0 saturated carbocycles. The zero-order valence-electron chi connectivity index (χ0n) is 9.89. The number of aromatic nitrogens is 1. The smallest absolute Gasteiger partial charge is 0.352 e. The van der Waals surface area contributed by atoms with Crippen LogP contribution in [-0.4, -0.2) is 22.2 Å². The Labute approximate surface area is 108 Å². The minimum absolute atomic E-state index is 0.0535. The van der Waals surface area contributed by atoms with Crippen molar-refractivity contribution in [2.24, 2.45) is 0 Å². The molecule has 98 valence electrons. The number of halogens is 1. The first-order valence-corrected chi connectivity index (χ1v) is 6.04. The molecular formula is C11H13ClN2O4. The average molecular weight is 273 g/mol. The number of hydrogen-bond acceptors (Lipinski definition) is 4. The van der Waals surface area contributed by atoms with Gasteiger partial charge in [-0.3, -0.25) is 14.9 Å². The lowest BCUT2D eigenvalue weighted by molar-refractivity contribution is -0.386. The van der Waals surface area contributed by atoms with E-state index in [0.29, 0.717) is 18.8 Å². The summed E-state index contributed by atoms with van der Waals surface area (Å²) in [6.45, 7) is 2.71. The highest BCUT2D eigenvalue weighted by Gasteiger charge is 2.24. The quantitative estimate of drug-likeness (QED) is 0.622. The SMILES string of the molecule is Cc1cc(Cl)c([N+](=O)[O-])c(=O)n1C[C@H]1CCCO1. The van der Waals surface area contributed by atoms with Crippen LogP contribution in [0.2, 0.25) is 5.02 Å². The third kappa shape index (κ3) is 2.39. The van der Waals surface area contributed by atoms with Gasteiger partial charge in [-0.15, -0.1) is 0 Å². The number of aryl methyl sites for hydroxylation is 1. The summed E-state index contributed by atoms with van der Waals surface area (Å²) in [7, 11) is 0. The summed E-state index contributed by atoms with van der Waals surface area (Å²) in [5.74, 6) is 0. The minimum atomic E-state index is -0.740. The molecule has 7 heteroatoms. The van der Waals surface area contributed by atoms with Crippen LogP contribution in [0, 0.1) is 17.0 Å². The zero-order valence-corrected chi connectivity index (χ0v) is 10.6. The maximum atomic E-state index is 12.0. The Morgan fingerprint density at radius 1 is 1.67 bits per heavy atom. The van der Waals surface area contributed by atoms with Gasteiger partial charge in [0.15, 0.2) is 0 Å². The zero-order chi connectivity index (χ0) is 13.3. The van der Waals surface area contributed by atoms with E-state index < -0.39 is 16.2 Å². The molecular weight excluding hydrogens is 260 g/mol. The lowest BCUT2D eigenvalue weighted by atomic mass is 10.2. The summed E-state index contributed by atoms with van der Waals surface area (Å²) in [6, 6.07) is 1.44. The van der Waals surface area contributed by atoms with Crippen molar-refractivity contribution in [3.8, 4) is 0 Å². The molecule has 0 aromatic carbocycles. The number of pyridine rings is 1. The van der Waals surface area contributed by atoms with E-state index in [9.17, 15) is 14.9 Å². The summed E-state index contributed by atoms with van der Waals surface area (Å²) in [4.78, 5) is 22.1. The fraction of sp³-hybridized carbons (Fsp3) is 0.545. The predicted octanol–water partition coefficient (Wildman–Crippen LogP) is 1.90. The van der Waals surface area contributed by atoms with E-state index in [0.717, 1.165) is 12.8 Å². The van der Waals surface area contributed by atoms with Gasteiger partial charge in [0.05, 0.1) is 17.6 Å². The van der Waals surface area contributed by atoms with Crippen LogP contribution in [-0.2, 0) is 11.3 Å². The minimum Gasteiger partial charge on any atom is -0.376 e. The van der Waals surface area contributed by atoms with E-state index in [4.69, 9.17) is 16.3 Å². The lowest BCUT2D eigenvalue weighted by Crippen LogP contribution is -2.29. The van der Waals surface area contributed by atoms with Crippen molar-refractivity contribution in [3.05, 3.63) is 37.3 Å². The van der Waals surface area contributed by atoms with Gasteiger partial charge in [0, 0.05) is 12.3 Å². The fourth-order valence-electron chi connectivity index (χ4n) is 2.10. The second-order valence-electron chi connectivity index (χ2n) is 4.29. The molecule has 0 amide bonds. The molecule has 1 saturated heterocycles. The van der Waals surface area contributed by atoms with E-state index in [1.807, 2.05) is 0 Å². The Balaban J connectivity index is 2.43. The summed E-state index contributed by atoms with van der Waals surface area (Å²) < 4.78 is 6.80. The number of rotatable bonds is 3. The first kappa shape index (κ1) is 13.0. The van der Waals surface area contributed by atoms with E-state index in [1.54, 1.807) is 6.92 Å². The largest absolute Gasteiger partial charge is 0.376 e. The van der Waals surface area contributed by atoms with Gasteiger partial charge in [0.1, 0.15) is 5.02 Å². The van der Waals surface area contributed by atoms with Crippen molar-refractivity contribution >= 4 is 17.3 Å². The van der Waals surface area contributed by atoms with Crippen LogP contribution in [0.25, 0.3) is 0 Å². The number of nitrogens with zero attached hydrogens (tertiary/aromatic N) is 2. The van der Waals surface area contributed by atoms with E-state index >= 15 is 0 Å². The highest BCUT2D eigenvalue weighted by Crippen LogP contribution is 2.22. The summed E-state index contributed by atoms with van der Waals surface area (Å²) in [5, 5.41) is 10.7. The third-order valence-corrected chi connectivity index (χ3v) is 3.32. The molecule has 1 atom stereocenters. The monoisotopic (exact) mass is 272 g/mol. The molecule has 1 aromatic rings. The number of nitro groups is 1. The second kappa shape index (κ2) is 5.07. The highest BCUT2D eigenvalue weighted by atomic mass is 35.5.